The minimum Gasteiger partial charge on any atom is -0.252 e. The largest absolute Gasteiger partial charge is 0.252 e. The number of benzene rings is 8. The lowest BCUT2D eigenvalue weighted by Gasteiger charge is -2.15. The van der Waals surface area contributed by atoms with Gasteiger partial charge in [0.1, 0.15) is 0 Å². The van der Waals surface area contributed by atoms with Crippen LogP contribution in [0.5, 0.6) is 0 Å². The second-order valence-corrected chi connectivity index (χ2v) is 15.4. The summed E-state index contributed by atoms with van der Waals surface area (Å²) in [6.45, 7) is 0. The van der Waals surface area contributed by atoms with Crippen LogP contribution in [0.15, 0.2) is 200 Å². The van der Waals surface area contributed by atoms with Gasteiger partial charge in [-0.1, -0.05) is 164 Å². The fourth-order valence-electron chi connectivity index (χ4n) is 8.50. The number of hydrogen-bond acceptors (Lipinski definition) is 4. The summed E-state index contributed by atoms with van der Waals surface area (Å²) in [6, 6.07) is 68.7. The Morgan fingerprint density at radius 2 is 0.852 bits per heavy atom. The second-order valence-electron chi connectivity index (χ2n) is 15.4. The standard InChI is InChI=1S/C56H38N4.H2S/c1-3-16-38(17-4-1)54-58-55(39-18-5-2-6-19-39)60-56(59-54)47-34-45(33-46(35-47)41-22-14-24-44(32-41)53-30-29-37-15-8-12-28-52(37)57-53)40-21-13-23-42(31-40)51-36-43-20-7-9-25-48(43)49-26-10-11-27-50(49)51;/h1-11,13-27,29-36H,12,28H2;1H2. The van der Waals surface area contributed by atoms with Crippen molar-refractivity contribution in [2.24, 2.45) is 0 Å². The highest BCUT2D eigenvalue weighted by Gasteiger charge is 2.17. The Hall–Kier alpha value is -7.47. The van der Waals surface area contributed by atoms with E-state index in [4.69, 9.17) is 19.9 Å². The van der Waals surface area contributed by atoms with Crippen molar-refractivity contribution in [3.05, 3.63) is 211 Å². The zero-order valence-corrected chi connectivity index (χ0v) is 34.3. The number of nitrogens with zero attached hydrogens (tertiary/aromatic N) is 4. The van der Waals surface area contributed by atoms with Crippen LogP contribution in [0.4, 0.5) is 0 Å². The van der Waals surface area contributed by atoms with Crippen LogP contribution < -0.4 is 0 Å². The molecule has 290 valence electrons. The van der Waals surface area contributed by atoms with Gasteiger partial charge in [0.2, 0.25) is 0 Å². The van der Waals surface area contributed by atoms with Crippen LogP contribution in [-0.4, -0.2) is 19.9 Å². The molecule has 0 N–H and O–H groups in total. The van der Waals surface area contributed by atoms with Crippen molar-refractivity contribution in [1.29, 1.82) is 0 Å². The Morgan fingerprint density at radius 3 is 1.54 bits per heavy atom. The zero-order valence-electron chi connectivity index (χ0n) is 33.3. The van der Waals surface area contributed by atoms with Gasteiger partial charge in [-0.05, 0) is 116 Å². The summed E-state index contributed by atoms with van der Waals surface area (Å²) in [6.07, 6.45) is 6.39. The fourth-order valence-corrected chi connectivity index (χ4v) is 8.50. The van der Waals surface area contributed by atoms with Gasteiger partial charge < -0.3 is 0 Å². The molecule has 0 radical (unpaired) electrons. The van der Waals surface area contributed by atoms with E-state index in [2.05, 4.69) is 146 Å². The molecule has 0 fully saturated rings. The van der Waals surface area contributed by atoms with Gasteiger partial charge in [-0.25, -0.2) is 15.0 Å². The van der Waals surface area contributed by atoms with Crippen LogP contribution >= 0.6 is 13.5 Å². The Bertz CT molecular complexity index is 3210. The molecule has 0 unspecified atom stereocenters. The number of hydrogen-bond donors (Lipinski definition) is 0. The molecule has 0 atom stereocenters. The summed E-state index contributed by atoms with van der Waals surface area (Å²) in [7, 11) is 0. The smallest absolute Gasteiger partial charge is 0.164 e. The summed E-state index contributed by atoms with van der Waals surface area (Å²) in [4.78, 5) is 20.5. The summed E-state index contributed by atoms with van der Waals surface area (Å²) in [5, 5.41) is 4.97. The molecule has 0 saturated heterocycles. The number of rotatable bonds is 7. The molecule has 8 aromatic carbocycles. The van der Waals surface area contributed by atoms with E-state index in [-0.39, 0.29) is 13.5 Å². The number of pyridine rings is 1. The van der Waals surface area contributed by atoms with Crippen molar-refractivity contribution in [2.45, 2.75) is 12.8 Å². The van der Waals surface area contributed by atoms with Gasteiger partial charge in [0.15, 0.2) is 17.5 Å². The average molecular weight is 801 g/mol. The fraction of sp³-hybridized carbons (Fsp3) is 0.0357. The van der Waals surface area contributed by atoms with Gasteiger partial charge in [-0.2, -0.15) is 13.5 Å². The molecular formula is C56H40N4S. The molecule has 2 heterocycles. The van der Waals surface area contributed by atoms with Crippen LogP contribution in [0.1, 0.15) is 17.7 Å². The molecule has 0 saturated carbocycles. The maximum absolute atomic E-state index is 5.17. The van der Waals surface area contributed by atoms with E-state index in [1.54, 1.807) is 0 Å². The molecule has 1 aliphatic rings. The summed E-state index contributed by atoms with van der Waals surface area (Å²) in [5.41, 5.74) is 13.9. The Balaban J connectivity index is 0.00000445. The van der Waals surface area contributed by atoms with Crippen molar-refractivity contribution in [1.82, 2.24) is 19.9 Å². The lowest BCUT2D eigenvalue weighted by atomic mass is 9.90. The Morgan fingerprint density at radius 1 is 0.344 bits per heavy atom. The topological polar surface area (TPSA) is 51.6 Å². The highest BCUT2D eigenvalue weighted by Crippen LogP contribution is 2.39. The summed E-state index contributed by atoms with van der Waals surface area (Å²) in [5.74, 6) is 1.88. The average Bonchev–Trinajstić information content (AvgIpc) is 3.34. The van der Waals surface area contributed by atoms with E-state index in [9.17, 15) is 0 Å². The van der Waals surface area contributed by atoms with E-state index >= 15 is 0 Å². The molecule has 1 aliphatic carbocycles. The molecule has 2 aromatic heterocycles. The van der Waals surface area contributed by atoms with Gasteiger partial charge >= 0.3 is 0 Å². The molecule has 0 amide bonds. The first kappa shape index (κ1) is 37.8. The van der Waals surface area contributed by atoms with Crippen LogP contribution in [0.3, 0.4) is 0 Å². The second kappa shape index (κ2) is 16.3. The van der Waals surface area contributed by atoms with E-state index in [0.717, 1.165) is 74.3 Å². The van der Waals surface area contributed by atoms with Crippen LogP contribution in [0.2, 0.25) is 0 Å². The van der Waals surface area contributed by atoms with E-state index in [0.29, 0.717) is 17.5 Å². The van der Waals surface area contributed by atoms with Crippen molar-refractivity contribution in [3.63, 3.8) is 0 Å². The SMILES string of the molecule is C1=Cc2ccc(-c3cccc(-c4cc(-c5cccc(-c6cc7ccccc7c7ccccc67)c5)cc(-c5nc(-c6ccccc6)nc(-c6ccccc6)n5)c4)c3)nc2CC1.S. The first-order chi connectivity index (χ1) is 29.7. The Labute approximate surface area is 362 Å². The highest BCUT2D eigenvalue weighted by molar-refractivity contribution is 7.59. The van der Waals surface area contributed by atoms with Crippen molar-refractivity contribution >= 4 is 41.1 Å². The van der Waals surface area contributed by atoms with Gasteiger partial charge in [-0.15, -0.1) is 0 Å². The monoisotopic (exact) mass is 800 g/mol. The van der Waals surface area contributed by atoms with Crippen LogP contribution in [0.25, 0.3) is 106 Å². The van der Waals surface area contributed by atoms with Gasteiger partial charge in [-0.3, -0.25) is 4.98 Å². The highest BCUT2D eigenvalue weighted by atomic mass is 32.1. The molecule has 11 rings (SSSR count). The van der Waals surface area contributed by atoms with E-state index in [1.165, 1.54) is 32.7 Å². The third kappa shape index (κ3) is 7.41. The first-order valence-corrected chi connectivity index (χ1v) is 20.5. The minimum absolute atomic E-state index is 0. The molecule has 0 bridgehead atoms. The third-order valence-corrected chi connectivity index (χ3v) is 11.5. The van der Waals surface area contributed by atoms with Crippen molar-refractivity contribution in [2.75, 3.05) is 0 Å². The normalized spacial score (nSPS) is 11.9. The van der Waals surface area contributed by atoms with Crippen molar-refractivity contribution in [3.8, 4) is 78.8 Å². The first-order valence-electron chi connectivity index (χ1n) is 20.5. The maximum atomic E-state index is 5.17. The summed E-state index contributed by atoms with van der Waals surface area (Å²) < 4.78 is 0. The summed E-state index contributed by atoms with van der Waals surface area (Å²) >= 11 is 0. The van der Waals surface area contributed by atoms with Gasteiger partial charge in [0.25, 0.3) is 0 Å². The Kier molecular flexibility index (Phi) is 10.1. The number of fused-ring (bicyclic) bond motifs is 4. The predicted molar refractivity (Wildman–Crippen MR) is 258 cm³/mol. The maximum Gasteiger partial charge on any atom is 0.164 e. The van der Waals surface area contributed by atoms with E-state index in [1.807, 2.05) is 60.7 Å². The quantitative estimate of drug-likeness (QED) is 0.151. The number of allylic oxidation sites excluding steroid dienone is 1. The molecule has 61 heavy (non-hydrogen) atoms. The number of aromatic nitrogens is 4. The predicted octanol–water partition coefficient (Wildman–Crippen LogP) is 14.3. The zero-order chi connectivity index (χ0) is 39.8. The van der Waals surface area contributed by atoms with Gasteiger partial charge in [0, 0.05) is 27.9 Å². The van der Waals surface area contributed by atoms with Crippen molar-refractivity contribution < 1.29 is 0 Å². The van der Waals surface area contributed by atoms with Crippen LogP contribution in [-0.2, 0) is 6.42 Å². The molecule has 0 spiro atoms. The van der Waals surface area contributed by atoms with E-state index < -0.39 is 0 Å². The van der Waals surface area contributed by atoms with Gasteiger partial charge in [0.05, 0.1) is 5.69 Å². The lowest BCUT2D eigenvalue weighted by Crippen LogP contribution is -2.00. The molecule has 4 nitrogen and oxygen atoms in total. The molecule has 10 aromatic rings. The lowest BCUT2D eigenvalue weighted by molar-refractivity contribution is 0.929. The minimum atomic E-state index is 0. The molecule has 0 aliphatic heterocycles. The molecule has 5 heteroatoms. The third-order valence-electron chi connectivity index (χ3n) is 11.5. The van der Waals surface area contributed by atoms with Crippen LogP contribution in [0, 0.1) is 0 Å². The number of aryl methyl sites for hydroxylation is 1. The molecular weight excluding hydrogens is 761 g/mol.